The van der Waals surface area contributed by atoms with Crippen LogP contribution in [-0.4, -0.2) is 71.7 Å². The first-order valence-corrected chi connectivity index (χ1v) is 11.5. The largest absolute Gasteiger partial charge is 0.379 e. The Morgan fingerprint density at radius 2 is 2.03 bits per heavy atom. The quantitative estimate of drug-likeness (QED) is 0.680. The lowest BCUT2D eigenvalue weighted by molar-refractivity contribution is -0.133. The molecule has 6 heteroatoms. The Kier molecular flexibility index (Phi) is 7.16. The molecule has 0 radical (unpaired) electrons. The molecule has 6 nitrogen and oxygen atoms in total. The van der Waals surface area contributed by atoms with Crippen LogP contribution in [-0.2, 0) is 16.1 Å². The zero-order valence-electron chi connectivity index (χ0n) is 17.7. The predicted molar refractivity (Wildman–Crippen MR) is 114 cm³/mol. The molecule has 1 atom stereocenters. The van der Waals surface area contributed by atoms with Gasteiger partial charge in [-0.2, -0.15) is 0 Å². The Morgan fingerprint density at radius 3 is 2.79 bits per heavy atom. The number of pyridine rings is 1. The number of carbonyl (C=O) groups is 1. The van der Waals surface area contributed by atoms with Crippen LogP contribution in [0.2, 0.25) is 0 Å². The first-order chi connectivity index (χ1) is 14.3. The highest BCUT2D eigenvalue weighted by atomic mass is 16.5. The maximum Gasteiger partial charge on any atom is 0.222 e. The van der Waals surface area contributed by atoms with Crippen molar-refractivity contribution in [1.29, 1.82) is 0 Å². The summed E-state index contributed by atoms with van der Waals surface area (Å²) in [4.78, 5) is 21.9. The summed E-state index contributed by atoms with van der Waals surface area (Å²) < 4.78 is 5.61. The Balaban J connectivity index is 1.35. The van der Waals surface area contributed by atoms with Crippen LogP contribution < -0.4 is 5.32 Å². The molecule has 3 aliphatic rings. The first-order valence-electron chi connectivity index (χ1n) is 11.5. The summed E-state index contributed by atoms with van der Waals surface area (Å²) in [6.45, 7) is 6.38. The van der Waals surface area contributed by atoms with Gasteiger partial charge in [-0.3, -0.25) is 14.7 Å². The van der Waals surface area contributed by atoms with Crippen LogP contribution in [0.4, 0.5) is 0 Å². The van der Waals surface area contributed by atoms with Crippen molar-refractivity contribution >= 4 is 5.91 Å². The van der Waals surface area contributed by atoms with Gasteiger partial charge in [0.05, 0.1) is 13.2 Å². The van der Waals surface area contributed by atoms with Gasteiger partial charge in [0.15, 0.2) is 0 Å². The van der Waals surface area contributed by atoms with Crippen molar-refractivity contribution in [3.8, 4) is 0 Å². The number of hydrogen-bond acceptors (Lipinski definition) is 5. The van der Waals surface area contributed by atoms with E-state index in [0.717, 1.165) is 58.8 Å². The molecule has 3 fully saturated rings. The van der Waals surface area contributed by atoms with E-state index < -0.39 is 0 Å². The number of nitrogens with zero attached hydrogens (tertiary/aromatic N) is 3. The highest BCUT2D eigenvalue weighted by Gasteiger charge is 2.43. The number of ether oxygens (including phenoxy) is 1. The lowest BCUT2D eigenvalue weighted by Gasteiger charge is -2.50. The molecular formula is C23H36N4O2. The third-order valence-corrected chi connectivity index (χ3v) is 7.09. The first kappa shape index (κ1) is 20.8. The van der Waals surface area contributed by atoms with Gasteiger partial charge in [-0.05, 0) is 43.9 Å². The van der Waals surface area contributed by atoms with Crippen molar-refractivity contribution in [1.82, 2.24) is 20.1 Å². The number of rotatable bonds is 8. The number of amides is 1. The maximum atomic E-state index is 12.8. The minimum atomic E-state index is 0.170. The number of likely N-dealkylation sites (tertiary alicyclic amines) is 1. The monoisotopic (exact) mass is 400 g/mol. The number of morpholine rings is 1. The summed E-state index contributed by atoms with van der Waals surface area (Å²) in [5.41, 5.74) is 1.38. The van der Waals surface area contributed by atoms with Crippen molar-refractivity contribution in [2.45, 2.75) is 69.5 Å². The Hall–Kier alpha value is -1.50. The van der Waals surface area contributed by atoms with E-state index in [1.807, 2.05) is 12.3 Å². The molecular weight excluding hydrogens is 364 g/mol. The zero-order chi connectivity index (χ0) is 19.9. The topological polar surface area (TPSA) is 57.7 Å². The third kappa shape index (κ3) is 5.16. The van der Waals surface area contributed by atoms with Gasteiger partial charge in [-0.15, -0.1) is 0 Å². The molecule has 0 aromatic carbocycles. The van der Waals surface area contributed by atoms with Crippen LogP contribution in [0.5, 0.6) is 0 Å². The van der Waals surface area contributed by atoms with Crippen LogP contribution in [0.3, 0.4) is 0 Å². The van der Waals surface area contributed by atoms with Gasteiger partial charge >= 0.3 is 0 Å². The van der Waals surface area contributed by atoms with Gasteiger partial charge in [0, 0.05) is 56.6 Å². The second kappa shape index (κ2) is 10.0. The average Bonchev–Trinajstić information content (AvgIpc) is 3.12. The number of carbonyl (C=O) groups excluding carboxylic acids is 1. The molecule has 1 saturated carbocycles. The molecule has 160 valence electrons. The molecule has 4 rings (SSSR count). The van der Waals surface area contributed by atoms with Gasteiger partial charge in [-0.1, -0.05) is 25.3 Å². The van der Waals surface area contributed by atoms with Crippen molar-refractivity contribution in [2.75, 3.05) is 39.4 Å². The average molecular weight is 401 g/mol. The summed E-state index contributed by atoms with van der Waals surface area (Å²) in [5, 5.41) is 3.54. The van der Waals surface area contributed by atoms with Crippen LogP contribution in [0.1, 0.15) is 56.9 Å². The highest BCUT2D eigenvalue weighted by molar-refractivity contribution is 5.78. The Bertz CT molecular complexity index is 642. The standard InChI is InChI=1S/C23H36N4O2/c28-22-7-6-21(8-12-25-18-20-5-4-11-24-17-20)27(22)19-23(9-2-1-3-10-23)26-13-15-29-16-14-26/h4-5,11,17,21,25H,1-3,6-10,12-16,18-19H2/t21-/m0/s1. The third-order valence-electron chi connectivity index (χ3n) is 7.09. The van der Waals surface area contributed by atoms with E-state index in [-0.39, 0.29) is 5.54 Å². The van der Waals surface area contributed by atoms with Crippen molar-refractivity contribution in [2.24, 2.45) is 0 Å². The van der Waals surface area contributed by atoms with Gasteiger partial charge in [0.25, 0.3) is 0 Å². The second-order valence-electron chi connectivity index (χ2n) is 8.93. The molecule has 1 aromatic heterocycles. The fourth-order valence-corrected chi connectivity index (χ4v) is 5.45. The fraction of sp³-hybridized carbons (Fsp3) is 0.739. The maximum absolute atomic E-state index is 12.8. The van der Waals surface area contributed by atoms with Gasteiger partial charge in [-0.25, -0.2) is 0 Å². The summed E-state index contributed by atoms with van der Waals surface area (Å²) in [7, 11) is 0. The fourth-order valence-electron chi connectivity index (χ4n) is 5.45. The highest BCUT2D eigenvalue weighted by Crippen LogP contribution is 2.37. The molecule has 1 aliphatic carbocycles. The lowest BCUT2D eigenvalue weighted by atomic mass is 9.79. The zero-order valence-corrected chi connectivity index (χ0v) is 17.7. The van der Waals surface area contributed by atoms with E-state index in [1.54, 1.807) is 6.20 Å². The lowest BCUT2D eigenvalue weighted by Crippen LogP contribution is -2.60. The predicted octanol–water partition coefficient (Wildman–Crippen LogP) is 2.59. The summed E-state index contributed by atoms with van der Waals surface area (Å²) in [5.74, 6) is 0.362. The Morgan fingerprint density at radius 1 is 1.21 bits per heavy atom. The molecule has 1 aromatic rings. The van der Waals surface area contributed by atoms with Crippen LogP contribution >= 0.6 is 0 Å². The summed E-state index contributed by atoms with van der Waals surface area (Å²) >= 11 is 0. The van der Waals surface area contributed by atoms with Crippen LogP contribution in [0.25, 0.3) is 0 Å². The summed E-state index contributed by atoms with van der Waals surface area (Å²) in [6, 6.07) is 4.45. The normalized spacial score (nSPS) is 25.4. The van der Waals surface area contributed by atoms with E-state index in [0.29, 0.717) is 18.4 Å². The van der Waals surface area contributed by atoms with E-state index in [4.69, 9.17) is 4.74 Å². The van der Waals surface area contributed by atoms with Crippen molar-refractivity contribution in [3.63, 3.8) is 0 Å². The number of aromatic nitrogens is 1. The number of hydrogen-bond donors (Lipinski definition) is 1. The molecule has 3 heterocycles. The van der Waals surface area contributed by atoms with Crippen molar-refractivity contribution < 1.29 is 9.53 Å². The van der Waals surface area contributed by atoms with E-state index in [9.17, 15) is 4.79 Å². The van der Waals surface area contributed by atoms with Crippen LogP contribution in [0.15, 0.2) is 24.5 Å². The smallest absolute Gasteiger partial charge is 0.222 e. The number of nitrogens with one attached hydrogen (secondary N) is 1. The molecule has 2 aliphatic heterocycles. The van der Waals surface area contributed by atoms with E-state index in [2.05, 4.69) is 26.2 Å². The van der Waals surface area contributed by atoms with Crippen molar-refractivity contribution in [3.05, 3.63) is 30.1 Å². The van der Waals surface area contributed by atoms with Gasteiger partial charge in [0.2, 0.25) is 5.91 Å². The van der Waals surface area contributed by atoms with E-state index >= 15 is 0 Å². The molecule has 0 spiro atoms. The van der Waals surface area contributed by atoms with Gasteiger partial charge < -0.3 is 15.0 Å². The van der Waals surface area contributed by atoms with Crippen LogP contribution in [0, 0.1) is 0 Å². The summed E-state index contributed by atoms with van der Waals surface area (Å²) in [6.07, 6.45) is 12.8. The molecule has 1 N–H and O–H groups in total. The minimum absolute atomic E-state index is 0.170. The van der Waals surface area contributed by atoms with Gasteiger partial charge in [0.1, 0.15) is 0 Å². The Labute approximate surface area is 175 Å². The minimum Gasteiger partial charge on any atom is -0.379 e. The molecule has 29 heavy (non-hydrogen) atoms. The molecule has 0 bridgehead atoms. The molecule has 2 saturated heterocycles. The second-order valence-corrected chi connectivity index (χ2v) is 8.93. The SMILES string of the molecule is O=C1CC[C@@H](CCNCc2cccnc2)N1CC1(N2CCOCC2)CCCCC1. The molecule has 1 amide bonds. The molecule has 0 unspecified atom stereocenters. The van der Waals surface area contributed by atoms with E-state index in [1.165, 1.54) is 37.7 Å².